The van der Waals surface area contributed by atoms with Gasteiger partial charge in [-0.15, -0.1) is 0 Å². The third-order valence-corrected chi connectivity index (χ3v) is 3.58. The molecule has 0 unspecified atom stereocenters. The van der Waals surface area contributed by atoms with E-state index in [1.807, 2.05) is 31.2 Å². The van der Waals surface area contributed by atoms with Crippen LogP contribution in [0, 0.1) is 6.92 Å². The van der Waals surface area contributed by atoms with Crippen molar-refractivity contribution in [1.82, 2.24) is 15.0 Å². The van der Waals surface area contributed by atoms with Gasteiger partial charge in [0.25, 0.3) is 5.88 Å². The minimum atomic E-state index is -0.488. The minimum absolute atomic E-state index is 0.246. The lowest BCUT2D eigenvalue weighted by molar-refractivity contribution is 0.0601. The van der Waals surface area contributed by atoms with Crippen LogP contribution in [0.15, 0.2) is 48.5 Å². The van der Waals surface area contributed by atoms with Crippen LogP contribution < -0.4 is 0 Å². The molecule has 0 spiro atoms. The lowest BCUT2D eigenvalue weighted by Gasteiger charge is -2.11. The van der Waals surface area contributed by atoms with Gasteiger partial charge in [0, 0.05) is 5.56 Å². The number of benzene rings is 2. The number of aryl methyl sites for hydroxylation is 1. The molecule has 6 heteroatoms. The van der Waals surface area contributed by atoms with Gasteiger partial charge < -0.3 is 9.84 Å². The monoisotopic (exact) mass is 309 g/mol. The zero-order valence-electron chi connectivity index (χ0n) is 12.7. The molecule has 0 aliphatic heterocycles. The maximum Gasteiger partial charge on any atom is 0.338 e. The van der Waals surface area contributed by atoms with Crippen LogP contribution in [0.1, 0.15) is 15.9 Å². The van der Waals surface area contributed by atoms with Crippen LogP contribution in [-0.2, 0) is 4.74 Å². The summed E-state index contributed by atoms with van der Waals surface area (Å²) >= 11 is 0. The predicted octanol–water partition coefficient (Wildman–Crippen LogP) is 2.73. The number of nitrogens with zero attached hydrogens (tertiary/aromatic N) is 3. The van der Waals surface area contributed by atoms with Crippen molar-refractivity contribution in [3.63, 3.8) is 0 Å². The average Bonchev–Trinajstić information content (AvgIpc) is 2.96. The minimum Gasteiger partial charge on any atom is -0.491 e. The van der Waals surface area contributed by atoms with Gasteiger partial charge >= 0.3 is 5.97 Å². The Morgan fingerprint density at radius 2 is 1.83 bits per heavy atom. The fraction of sp³-hybridized carbons (Fsp3) is 0.118. The first-order chi connectivity index (χ1) is 11.1. The molecule has 116 valence electrons. The standard InChI is InChI=1S/C17H15N3O3/c1-11-7-3-6-10-14(11)20-15(16(21)18-19-20)12-8-4-5-9-13(12)17(22)23-2/h3-10,21H,1-2H3. The Labute approximate surface area is 133 Å². The number of aromatic nitrogens is 3. The number of rotatable bonds is 3. The summed E-state index contributed by atoms with van der Waals surface area (Å²) in [6, 6.07) is 14.5. The van der Waals surface area contributed by atoms with E-state index >= 15 is 0 Å². The third-order valence-electron chi connectivity index (χ3n) is 3.58. The molecule has 6 nitrogen and oxygen atoms in total. The summed E-state index contributed by atoms with van der Waals surface area (Å²) in [5.74, 6) is -0.734. The van der Waals surface area contributed by atoms with Gasteiger partial charge in [0.1, 0.15) is 5.69 Å². The maximum absolute atomic E-state index is 12.0. The first kappa shape index (κ1) is 14.8. The topological polar surface area (TPSA) is 77.2 Å². The highest BCUT2D eigenvalue weighted by Crippen LogP contribution is 2.32. The van der Waals surface area contributed by atoms with E-state index in [0.29, 0.717) is 16.8 Å². The number of para-hydroxylation sites is 1. The molecule has 3 aromatic rings. The number of ether oxygens (including phenoxy) is 1. The zero-order chi connectivity index (χ0) is 16.4. The van der Waals surface area contributed by atoms with Crippen molar-refractivity contribution in [2.75, 3.05) is 7.11 Å². The van der Waals surface area contributed by atoms with Crippen molar-refractivity contribution >= 4 is 5.97 Å². The highest BCUT2D eigenvalue weighted by molar-refractivity contribution is 5.97. The van der Waals surface area contributed by atoms with E-state index in [4.69, 9.17) is 4.74 Å². The van der Waals surface area contributed by atoms with Gasteiger partial charge in [0.05, 0.1) is 18.4 Å². The lowest BCUT2D eigenvalue weighted by atomic mass is 10.0. The first-order valence-corrected chi connectivity index (χ1v) is 7.02. The summed E-state index contributed by atoms with van der Waals surface area (Å²) in [7, 11) is 1.32. The fourth-order valence-corrected chi connectivity index (χ4v) is 2.46. The smallest absolute Gasteiger partial charge is 0.338 e. The van der Waals surface area contributed by atoms with Crippen LogP contribution in [0.5, 0.6) is 5.88 Å². The summed E-state index contributed by atoms with van der Waals surface area (Å²) in [6.45, 7) is 1.93. The van der Waals surface area contributed by atoms with E-state index in [2.05, 4.69) is 10.3 Å². The Morgan fingerprint density at radius 1 is 1.13 bits per heavy atom. The van der Waals surface area contributed by atoms with Gasteiger partial charge in [-0.2, -0.15) is 0 Å². The Bertz CT molecular complexity index is 871. The largest absolute Gasteiger partial charge is 0.491 e. The number of carbonyl (C=O) groups is 1. The van der Waals surface area contributed by atoms with Crippen molar-refractivity contribution < 1.29 is 14.6 Å². The Hall–Kier alpha value is -3.15. The highest BCUT2D eigenvalue weighted by Gasteiger charge is 2.22. The maximum atomic E-state index is 12.0. The first-order valence-electron chi connectivity index (χ1n) is 7.02. The Balaban J connectivity index is 2.26. The number of carbonyl (C=O) groups excluding carboxylic acids is 1. The summed E-state index contributed by atoms with van der Waals surface area (Å²) in [6.07, 6.45) is 0. The van der Waals surface area contributed by atoms with E-state index in [1.165, 1.54) is 11.8 Å². The molecule has 0 fully saturated rings. The Kier molecular flexibility index (Phi) is 3.80. The van der Waals surface area contributed by atoms with Gasteiger partial charge in [-0.25, -0.2) is 9.48 Å². The van der Waals surface area contributed by atoms with E-state index in [-0.39, 0.29) is 5.88 Å². The SMILES string of the molecule is COC(=O)c1ccccc1-c1c(O)nnn1-c1ccccc1C. The quantitative estimate of drug-likeness (QED) is 0.753. The summed E-state index contributed by atoms with van der Waals surface area (Å²) < 4.78 is 6.33. The van der Waals surface area contributed by atoms with E-state index < -0.39 is 5.97 Å². The molecule has 0 atom stereocenters. The molecule has 1 heterocycles. The van der Waals surface area contributed by atoms with Crippen molar-refractivity contribution in [3.05, 3.63) is 59.7 Å². The van der Waals surface area contributed by atoms with Crippen LogP contribution in [0.3, 0.4) is 0 Å². The molecule has 23 heavy (non-hydrogen) atoms. The molecule has 0 aliphatic rings. The summed E-state index contributed by atoms with van der Waals surface area (Å²) in [4.78, 5) is 12.0. The Morgan fingerprint density at radius 3 is 2.57 bits per heavy atom. The predicted molar refractivity (Wildman–Crippen MR) is 84.5 cm³/mol. The normalized spacial score (nSPS) is 10.5. The van der Waals surface area contributed by atoms with Crippen molar-refractivity contribution in [2.45, 2.75) is 6.92 Å². The van der Waals surface area contributed by atoms with E-state index in [0.717, 1.165) is 11.3 Å². The fourth-order valence-electron chi connectivity index (χ4n) is 2.46. The molecule has 0 bridgehead atoms. The molecule has 2 aromatic carbocycles. The molecular formula is C17H15N3O3. The van der Waals surface area contributed by atoms with Gasteiger partial charge in [0.15, 0.2) is 0 Å². The van der Waals surface area contributed by atoms with Gasteiger partial charge in [-0.05, 0) is 24.6 Å². The lowest BCUT2D eigenvalue weighted by Crippen LogP contribution is -2.07. The van der Waals surface area contributed by atoms with Gasteiger partial charge in [-0.3, -0.25) is 0 Å². The second kappa shape index (κ2) is 5.92. The molecule has 3 rings (SSSR count). The third kappa shape index (κ3) is 2.55. The molecule has 0 saturated carbocycles. The second-order valence-electron chi connectivity index (χ2n) is 5.00. The van der Waals surface area contributed by atoms with Gasteiger partial charge in [0.2, 0.25) is 0 Å². The molecule has 1 aromatic heterocycles. The number of aromatic hydroxyl groups is 1. The van der Waals surface area contributed by atoms with Crippen molar-refractivity contribution in [3.8, 4) is 22.8 Å². The molecule has 0 amide bonds. The summed E-state index contributed by atoms with van der Waals surface area (Å²) in [5.41, 5.74) is 2.93. The number of esters is 1. The molecule has 1 N–H and O–H groups in total. The number of hydrogen-bond acceptors (Lipinski definition) is 5. The molecule has 0 saturated heterocycles. The number of methoxy groups -OCH3 is 1. The summed E-state index contributed by atoms with van der Waals surface area (Å²) in [5, 5.41) is 17.9. The second-order valence-corrected chi connectivity index (χ2v) is 5.00. The van der Waals surface area contributed by atoms with Crippen LogP contribution in [0.25, 0.3) is 16.9 Å². The van der Waals surface area contributed by atoms with Crippen molar-refractivity contribution in [2.24, 2.45) is 0 Å². The molecule has 0 radical (unpaired) electrons. The van der Waals surface area contributed by atoms with Crippen LogP contribution in [-0.4, -0.2) is 33.2 Å². The van der Waals surface area contributed by atoms with Crippen LogP contribution in [0.2, 0.25) is 0 Å². The van der Waals surface area contributed by atoms with Gasteiger partial charge in [-0.1, -0.05) is 46.7 Å². The van der Waals surface area contributed by atoms with Crippen LogP contribution in [0.4, 0.5) is 0 Å². The highest BCUT2D eigenvalue weighted by atomic mass is 16.5. The zero-order valence-corrected chi connectivity index (χ0v) is 12.7. The molecule has 0 aliphatic carbocycles. The van der Waals surface area contributed by atoms with Crippen molar-refractivity contribution in [1.29, 1.82) is 0 Å². The molecular weight excluding hydrogens is 294 g/mol. The van der Waals surface area contributed by atoms with Crippen LogP contribution >= 0.6 is 0 Å². The number of hydrogen-bond donors (Lipinski definition) is 1. The van der Waals surface area contributed by atoms with E-state index in [1.54, 1.807) is 24.3 Å². The van der Waals surface area contributed by atoms with E-state index in [9.17, 15) is 9.90 Å². The average molecular weight is 309 g/mol.